The molecule has 3 rings (SSSR count). The summed E-state index contributed by atoms with van der Waals surface area (Å²) in [6.07, 6.45) is 0. The molecule has 2 aromatic carbocycles. The molecular weight excluding hydrogens is 373 g/mol. The SMILES string of the molecule is CC(Nc1cccc(N2CCOCC2)c1)C(=O)Nc1ccc(Cl)cc1Cl. The third-order valence-electron chi connectivity index (χ3n) is 4.19. The second kappa shape index (κ2) is 8.62. The van der Waals surface area contributed by atoms with Gasteiger partial charge in [-0.15, -0.1) is 0 Å². The molecule has 7 heteroatoms. The van der Waals surface area contributed by atoms with Gasteiger partial charge in [-0.2, -0.15) is 0 Å². The van der Waals surface area contributed by atoms with Gasteiger partial charge in [-0.1, -0.05) is 29.3 Å². The van der Waals surface area contributed by atoms with Crippen molar-refractivity contribution in [1.29, 1.82) is 0 Å². The van der Waals surface area contributed by atoms with Crippen LogP contribution in [0.2, 0.25) is 10.0 Å². The Bertz CT molecular complexity index is 779. The molecule has 0 saturated carbocycles. The lowest BCUT2D eigenvalue weighted by atomic mass is 10.2. The predicted octanol–water partition coefficient (Wildman–Crippen LogP) is 4.27. The number of hydrogen-bond acceptors (Lipinski definition) is 4. The van der Waals surface area contributed by atoms with Crippen LogP contribution in [-0.2, 0) is 9.53 Å². The van der Waals surface area contributed by atoms with Crippen LogP contribution in [0.1, 0.15) is 6.92 Å². The van der Waals surface area contributed by atoms with E-state index in [4.69, 9.17) is 27.9 Å². The zero-order chi connectivity index (χ0) is 18.5. The number of benzene rings is 2. The molecule has 0 spiro atoms. The minimum absolute atomic E-state index is 0.175. The molecule has 1 atom stereocenters. The lowest BCUT2D eigenvalue weighted by Crippen LogP contribution is -2.36. The summed E-state index contributed by atoms with van der Waals surface area (Å²) in [5.74, 6) is -0.175. The summed E-state index contributed by atoms with van der Waals surface area (Å²) >= 11 is 12.0. The van der Waals surface area contributed by atoms with E-state index in [1.165, 1.54) is 0 Å². The lowest BCUT2D eigenvalue weighted by Gasteiger charge is -2.29. The number of carbonyl (C=O) groups is 1. The fraction of sp³-hybridized carbons (Fsp3) is 0.316. The molecule has 0 bridgehead atoms. The summed E-state index contributed by atoms with van der Waals surface area (Å²) in [6.45, 7) is 5.01. The molecular formula is C19H21Cl2N3O2. The molecule has 1 amide bonds. The number of morpholine rings is 1. The number of ether oxygens (including phenoxy) is 1. The van der Waals surface area contributed by atoms with Crippen LogP contribution >= 0.6 is 23.2 Å². The average molecular weight is 394 g/mol. The van der Waals surface area contributed by atoms with Gasteiger partial charge in [-0.25, -0.2) is 0 Å². The molecule has 0 aromatic heterocycles. The van der Waals surface area contributed by atoms with Gasteiger partial charge in [0.2, 0.25) is 5.91 Å². The van der Waals surface area contributed by atoms with Crippen molar-refractivity contribution in [2.45, 2.75) is 13.0 Å². The van der Waals surface area contributed by atoms with E-state index in [-0.39, 0.29) is 5.91 Å². The van der Waals surface area contributed by atoms with Crippen LogP contribution in [0.15, 0.2) is 42.5 Å². The summed E-state index contributed by atoms with van der Waals surface area (Å²) in [5.41, 5.74) is 2.54. The van der Waals surface area contributed by atoms with Gasteiger partial charge in [0.1, 0.15) is 6.04 Å². The molecule has 0 aliphatic carbocycles. The summed E-state index contributed by atoms with van der Waals surface area (Å²) < 4.78 is 5.39. The molecule has 1 aliphatic heterocycles. The van der Waals surface area contributed by atoms with Crippen LogP contribution in [0.5, 0.6) is 0 Å². The first-order chi connectivity index (χ1) is 12.5. The van der Waals surface area contributed by atoms with E-state index >= 15 is 0 Å². The molecule has 2 aromatic rings. The van der Waals surface area contributed by atoms with Crippen LogP contribution in [0, 0.1) is 0 Å². The number of halogens is 2. The molecule has 138 valence electrons. The Hall–Kier alpha value is -1.95. The van der Waals surface area contributed by atoms with Gasteiger partial charge in [-0.05, 0) is 43.3 Å². The van der Waals surface area contributed by atoms with E-state index in [9.17, 15) is 4.79 Å². The second-order valence-corrected chi connectivity index (χ2v) is 6.97. The third-order valence-corrected chi connectivity index (χ3v) is 4.74. The summed E-state index contributed by atoms with van der Waals surface area (Å²) in [5, 5.41) is 6.99. The van der Waals surface area contributed by atoms with Crippen LogP contribution < -0.4 is 15.5 Å². The molecule has 1 heterocycles. The number of amides is 1. The zero-order valence-corrected chi connectivity index (χ0v) is 16.0. The summed E-state index contributed by atoms with van der Waals surface area (Å²) in [7, 11) is 0. The number of hydrogen-bond donors (Lipinski definition) is 2. The van der Waals surface area contributed by atoms with Gasteiger partial charge < -0.3 is 20.3 Å². The van der Waals surface area contributed by atoms with Crippen molar-refractivity contribution in [3.05, 3.63) is 52.5 Å². The first kappa shape index (κ1) is 18.8. The summed E-state index contributed by atoms with van der Waals surface area (Å²) in [6, 6.07) is 12.6. The van der Waals surface area contributed by atoms with Crippen molar-refractivity contribution < 1.29 is 9.53 Å². The fourth-order valence-electron chi connectivity index (χ4n) is 2.76. The number of anilines is 3. The van der Waals surface area contributed by atoms with E-state index in [0.29, 0.717) is 15.7 Å². The number of carbonyl (C=O) groups excluding carboxylic acids is 1. The van der Waals surface area contributed by atoms with E-state index in [1.807, 2.05) is 18.2 Å². The maximum atomic E-state index is 12.4. The Morgan fingerprint density at radius 1 is 1.15 bits per heavy atom. The maximum Gasteiger partial charge on any atom is 0.246 e. The first-order valence-corrected chi connectivity index (χ1v) is 9.24. The van der Waals surface area contributed by atoms with Gasteiger partial charge in [0.05, 0.1) is 23.9 Å². The first-order valence-electron chi connectivity index (χ1n) is 8.48. The molecule has 1 aliphatic rings. The van der Waals surface area contributed by atoms with Crippen molar-refractivity contribution in [2.24, 2.45) is 0 Å². The topological polar surface area (TPSA) is 53.6 Å². The Labute approximate surface area is 163 Å². The van der Waals surface area contributed by atoms with Crippen LogP contribution in [-0.4, -0.2) is 38.3 Å². The van der Waals surface area contributed by atoms with Gasteiger partial charge in [-0.3, -0.25) is 4.79 Å². The van der Waals surface area contributed by atoms with Crippen molar-refractivity contribution in [2.75, 3.05) is 41.8 Å². The van der Waals surface area contributed by atoms with Crippen molar-refractivity contribution in [3.8, 4) is 0 Å². The van der Waals surface area contributed by atoms with Gasteiger partial charge in [0.25, 0.3) is 0 Å². The molecule has 1 saturated heterocycles. The number of nitrogens with one attached hydrogen (secondary N) is 2. The van der Waals surface area contributed by atoms with Crippen LogP contribution in [0.4, 0.5) is 17.1 Å². The largest absolute Gasteiger partial charge is 0.378 e. The highest BCUT2D eigenvalue weighted by molar-refractivity contribution is 6.36. The highest BCUT2D eigenvalue weighted by Gasteiger charge is 2.16. The maximum absolute atomic E-state index is 12.4. The Morgan fingerprint density at radius 3 is 2.65 bits per heavy atom. The molecule has 1 unspecified atom stereocenters. The zero-order valence-electron chi connectivity index (χ0n) is 14.5. The minimum Gasteiger partial charge on any atom is -0.378 e. The van der Waals surface area contributed by atoms with Crippen LogP contribution in [0.25, 0.3) is 0 Å². The Morgan fingerprint density at radius 2 is 1.92 bits per heavy atom. The molecule has 2 N–H and O–H groups in total. The normalized spacial score (nSPS) is 15.4. The van der Waals surface area contributed by atoms with E-state index in [1.54, 1.807) is 25.1 Å². The molecule has 1 fully saturated rings. The third kappa shape index (κ3) is 4.81. The van der Waals surface area contributed by atoms with E-state index in [0.717, 1.165) is 37.7 Å². The monoisotopic (exact) mass is 393 g/mol. The average Bonchev–Trinajstić information content (AvgIpc) is 2.65. The Balaban J connectivity index is 1.63. The van der Waals surface area contributed by atoms with Gasteiger partial charge in [0, 0.05) is 29.5 Å². The highest BCUT2D eigenvalue weighted by Crippen LogP contribution is 2.26. The molecule has 5 nitrogen and oxygen atoms in total. The highest BCUT2D eigenvalue weighted by atomic mass is 35.5. The van der Waals surface area contributed by atoms with Crippen LogP contribution in [0.3, 0.4) is 0 Å². The van der Waals surface area contributed by atoms with Crippen molar-refractivity contribution in [1.82, 2.24) is 0 Å². The quantitative estimate of drug-likeness (QED) is 0.796. The number of nitrogens with zero attached hydrogens (tertiary/aromatic N) is 1. The molecule has 0 radical (unpaired) electrons. The van der Waals surface area contributed by atoms with E-state index < -0.39 is 6.04 Å². The van der Waals surface area contributed by atoms with E-state index in [2.05, 4.69) is 21.6 Å². The van der Waals surface area contributed by atoms with Gasteiger partial charge >= 0.3 is 0 Å². The Kier molecular flexibility index (Phi) is 6.25. The van der Waals surface area contributed by atoms with Crippen molar-refractivity contribution >= 4 is 46.2 Å². The van der Waals surface area contributed by atoms with Gasteiger partial charge in [0.15, 0.2) is 0 Å². The predicted molar refractivity (Wildman–Crippen MR) is 108 cm³/mol. The second-order valence-electron chi connectivity index (χ2n) is 6.13. The standard InChI is InChI=1S/C19H21Cl2N3O2/c1-13(19(25)23-18-6-5-14(20)11-17(18)21)22-15-3-2-4-16(12-15)24-7-9-26-10-8-24/h2-6,11-13,22H,7-10H2,1H3,(H,23,25). The summed E-state index contributed by atoms with van der Waals surface area (Å²) in [4.78, 5) is 14.7. The lowest BCUT2D eigenvalue weighted by molar-refractivity contribution is -0.116. The minimum atomic E-state index is -0.429. The smallest absolute Gasteiger partial charge is 0.246 e. The molecule has 26 heavy (non-hydrogen) atoms. The van der Waals surface area contributed by atoms with Crippen molar-refractivity contribution in [3.63, 3.8) is 0 Å². The number of rotatable bonds is 5. The fourth-order valence-corrected chi connectivity index (χ4v) is 3.22.